The molecule has 0 radical (unpaired) electrons. The van der Waals surface area contributed by atoms with Crippen LogP contribution in [0.1, 0.15) is 58.2 Å². The first-order chi connectivity index (χ1) is 9.69. The zero-order valence-corrected chi connectivity index (χ0v) is 13.7. The summed E-state index contributed by atoms with van der Waals surface area (Å²) < 4.78 is 7.73. The minimum Gasteiger partial charge on any atom is -0.380 e. The molecule has 1 heterocycles. The molecule has 1 aromatic heterocycles. The van der Waals surface area contributed by atoms with Gasteiger partial charge in [-0.25, -0.2) is 0 Å². The van der Waals surface area contributed by atoms with Crippen LogP contribution in [-0.2, 0) is 11.2 Å². The van der Waals surface area contributed by atoms with E-state index in [1.807, 2.05) is 7.05 Å². The lowest BCUT2D eigenvalue weighted by Crippen LogP contribution is -2.40. The van der Waals surface area contributed by atoms with E-state index in [1.54, 1.807) is 7.11 Å². The molecule has 0 fully saturated rings. The first-order valence-corrected chi connectivity index (χ1v) is 7.94. The van der Waals surface area contributed by atoms with Crippen molar-refractivity contribution in [3.05, 3.63) is 18.0 Å². The quantitative estimate of drug-likeness (QED) is 0.716. The third kappa shape index (κ3) is 4.60. The zero-order valence-electron chi connectivity index (χ0n) is 13.7. The topological polar surface area (TPSA) is 39.1 Å². The SMILES string of the molecule is CCCC(OC)C(Cc1ccn(C(CC)CC)n1)NC. The van der Waals surface area contributed by atoms with E-state index in [4.69, 9.17) is 9.84 Å². The van der Waals surface area contributed by atoms with E-state index in [-0.39, 0.29) is 6.10 Å². The first kappa shape index (κ1) is 17.2. The van der Waals surface area contributed by atoms with E-state index < -0.39 is 0 Å². The lowest BCUT2D eigenvalue weighted by molar-refractivity contribution is 0.0629. The molecule has 0 aliphatic heterocycles. The predicted molar refractivity (Wildman–Crippen MR) is 84.1 cm³/mol. The lowest BCUT2D eigenvalue weighted by atomic mass is 10.0. The van der Waals surface area contributed by atoms with Crippen molar-refractivity contribution in [2.75, 3.05) is 14.2 Å². The molecule has 2 atom stereocenters. The Morgan fingerprint density at radius 2 is 2.00 bits per heavy atom. The number of ether oxygens (including phenoxy) is 1. The smallest absolute Gasteiger partial charge is 0.0727 e. The monoisotopic (exact) mass is 281 g/mol. The van der Waals surface area contributed by atoms with Gasteiger partial charge in [0, 0.05) is 25.8 Å². The van der Waals surface area contributed by atoms with Gasteiger partial charge in [0.15, 0.2) is 0 Å². The molecular weight excluding hydrogens is 250 g/mol. The maximum absolute atomic E-state index is 5.62. The van der Waals surface area contributed by atoms with E-state index >= 15 is 0 Å². The van der Waals surface area contributed by atoms with Crippen molar-refractivity contribution in [2.24, 2.45) is 0 Å². The van der Waals surface area contributed by atoms with Crippen molar-refractivity contribution < 1.29 is 4.74 Å². The van der Waals surface area contributed by atoms with Gasteiger partial charge in [-0.3, -0.25) is 4.68 Å². The van der Waals surface area contributed by atoms with Crippen LogP contribution in [0.5, 0.6) is 0 Å². The highest BCUT2D eigenvalue weighted by atomic mass is 16.5. The number of likely N-dealkylation sites (N-methyl/N-ethyl adjacent to an activating group) is 1. The average molecular weight is 281 g/mol. The van der Waals surface area contributed by atoms with Crippen LogP contribution in [-0.4, -0.2) is 36.1 Å². The van der Waals surface area contributed by atoms with Crippen LogP contribution in [0.2, 0.25) is 0 Å². The summed E-state index contributed by atoms with van der Waals surface area (Å²) in [7, 11) is 3.80. The Morgan fingerprint density at radius 3 is 2.50 bits per heavy atom. The van der Waals surface area contributed by atoms with Crippen molar-refractivity contribution in [3.63, 3.8) is 0 Å². The van der Waals surface area contributed by atoms with Gasteiger partial charge in [0.2, 0.25) is 0 Å². The lowest BCUT2D eigenvalue weighted by Gasteiger charge is -2.24. The Bertz CT molecular complexity index is 360. The summed E-state index contributed by atoms with van der Waals surface area (Å²) in [6.45, 7) is 6.63. The molecule has 0 aromatic carbocycles. The van der Waals surface area contributed by atoms with Crippen LogP contribution in [0.25, 0.3) is 0 Å². The molecular formula is C16H31N3O. The van der Waals surface area contributed by atoms with E-state index in [2.05, 4.69) is 43.0 Å². The number of hydrogen-bond donors (Lipinski definition) is 1. The molecule has 0 aliphatic rings. The molecule has 1 rings (SSSR count). The van der Waals surface area contributed by atoms with Gasteiger partial charge in [0.05, 0.1) is 17.8 Å². The number of aromatic nitrogens is 2. The summed E-state index contributed by atoms with van der Waals surface area (Å²) in [6, 6.07) is 2.98. The maximum atomic E-state index is 5.62. The highest BCUT2D eigenvalue weighted by Gasteiger charge is 2.20. The molecule has 116 valence electrons. The summed E-state index contributed by atoms with van der Waals surface area (Å²) in [4.78, 5) is 0. The van der Waals surface area contributed by atoms with Crippen LogP contribution in [0.4, 0.5) is 0 Å². The van der Waals surface area contributed by atoms with Gasteiger partial charge >= 0.3 is 0 Å². The highest BCUT2D eigenvalue weighted by Crippen LogP contribution is 2.16. The van der Waals surface area contributed by atoms with Gasteiger partial charge < -0.3 is 10.1 Å². The molecule has 0 aliphatic carbocycles. The fourth-order valence-corrected chi connectivity index (χ4v) is 2.76. The summed E-state index contributed by atoms with van der Waals surface area (Å²) in [5.41, 5.74) is 1.15. The van der Waals surface area contributed by atoms with E-state index in [0.717, 1.165) is 37.8 Å². The van der Waals surface area contributed by atoms with E-state index in [0.29, 0.717) is 12.1 Å². The third-order valence-corrected chi connectivity index (χ3v) is 4.10. The Morgan fingerprint density at radius 1 is 1.30 bits per heavy atom. The van der Waals surface area contributed by atoms with Crippen molar-refractivity contribution in [2.45, 2.75) is 71.1 Å². The second-order valence-electron chi connectivity index (χ2n) is 5.42. The molecule has 0 saturated heterocycles. The van der Waals surface area contributed by atoms with Crippen molar-refractivity contribution >= 4 is 0 Å². The van der Waals surface area contributed by atoms with Gasteiger partial charge in [0.1, 0.15) is 0 Å². The summed E-state index contributed by atoms with van der Waals surface area (Å²) in [5, 5.41) is 8.12. The number of nitrogens with zero attached hydrogens (tertiary/aromatic N) is 2. The maximum Gasteiger partial charge on any atom is 0.0727 e. The van der Waals surface area contributed by atoms with E-state index in [9.17, 15) is 0 Å². The van der Waals surface area contributed by atoms with Crippen molar-refractivity contribution in [1.29, 1.82) is 0 Å². The van der Waals surface area contributed by atoms with Crippen LogP contribution in [0, 0.1) is 0 Å². The van der Waals surface area contributed by atoms with Gasteiger partial charge in [0.25, 0.3) is 0 Å². The molecule has 1 N–H and O–H groups in total. The number of nitrogens with one attached hydrogen (secondary N) is 1. The zero-order chi connectivity index (χ0) is 15.0. The largest absolute Gasteiger partial charge is 0.380 e. The van der Waals surface area contributed by atoms with E-state index in [1.165, 1.54) is 0 Å². The van der Waals surface area contributed by atoms with Crippen molar-refractivity contribution in [1.82, 2.24) is 15.1 Å². The van der Waals surface area contributed by atoms with Crippen LogP contribution >= 0.6 is 0 Å². The Hall–Kier alpha value is -0.870. The minimum absolute atomic E-state index is 0.253. The van der Waals surface area contributed by atoms with Crippen LogP contribution in [0.15, 0.2) is 12.3 Å². The van der Waals surface area contributed by atoms with Crippen LogP contribution in [0.3, 0.4) is 0 Å². The fourth-order valence-electron chi connectivity index (χ4n) is 2.76. The molecule has 0 amide bonds. The van der Waals surface area contributed by atoms with Gasteiger partial charge in [-0.2, -0.15) is 5.10 Å². The molecule has 1 aromatic rings. The normalized spacial score (nSPS) is 14.7. The molecule has 0 saturated carbocycles. The third-order valence-electron chi connectivity index (χ3n) is 4.10. The fraction of sp³-hybridized carbons (Fsp3) is 0.812. The molecule has 0 spiro atoms. The predicted octanol–water partition coefficient (Wildman–Crippen LogP) is 3.19. The van der Waals surface area contributed by atoms with Gasteiger partial charge in [-0.05, 0) is 32.4 Å². The molecule has 20 heavy (non-hydrogen) atoms. The molecule has 2 unspecified atom stereocenters. The van der Waals surface area contributed by atoms with Crippen molar-refractivity contribution in [3.8, 4) is 0 Å². The molecule has 4 nitrogen and oxygen atoms in total. The van der Waals surface area contributed by atoms with Gasteiger partial charge in [-0.1, -0.05) is 27.2 Å². The van der Waals surface area contributed by atoms with Crippen LogP contribution < -0.4 is 5.32 Å². The highest BCUT2D eigenvalue weighted by molar-refractivity contribution is 5.03. The first-order valence-electron chi connectivity index (χ1n) is 7.94. The Kier molecular flexibility index (Phi) is 7.85. The standard InChI is InChI=1S/C16H31N3O/c1-6-9-16(20-5)15(17-4)12-13-10-11-19(18-13)14(7-2)8-3/h10-11,14-17H,6-9,12H2,1-5H3. The molecule has 0 bridgehead atoms. The Labute approximate surface area is 123 Å². The Balaban J connectivity index is 2.70. The number of hydrogen-bond acceptors (Lipinski definition) is 3. The summed E-state index contributed by atoms with van der Waals surface area (Å²) in [5.74, 6) is 0. The summed E-state index contributed by atoms with van der Waals surface area (Å²) >= 11 is 0. The second kappa shape index (κ2) is 9.14. The number of methoxy groups -OCH3 is 1. The van der Waals surface area contributed by atoms with Gasteiger partial charge in [-0.15, -0.1) is 0 Å². The molecule has 4 heteroatoms. The minimum atomic E-state index is 0.253. The summed E-state index contributed by atoms with van der Waals surface area (Å²) in [6.07, 6.45) is 7.76. The number of rotatable bonds is 10. The second-order valence-corrected chi connectivity index (χ2v) is 5.42. The average Bonchev–Trinajstić information content (AvgIpc) is 2.92.